The second kappa shape index (κ2) is 2.52. The molecule has 0 N–H and O–H groups in total. The number of hydrogen-bond acceptors (Lipinski definition) is 0. The molecule has 0 bridgehead atoms. The molecule has 0 heterocycles. The molecule has 0 aromatic rings. The highest BCUT2D eigenvalue weighted by atomic mass is 14.2. The van der Waals surface area contributed by atoms with Crippen molar-refractivity contribution in [2.75, 3.05) is 0 Å². The molecule has 0 saturated heterocycles. The van der Waals surface area contributed by atoms with Crippen molar-refractivity contribution in [3.05, 3.63) is 5.92 Å². The molecule has 0 saturated carbocycles. The molecule has 0 heteroatoms. The summed E-state index contributed by atoms with van der Waals surface area (Å²) >= 11 is 0. The molecule has 0 aliphatic carbocycles. The van der Waals surface area contributed by atoms with E-state index in [0.29, 0.717) is 5.41 Å². The average molecular weight is 113 g/mol. The molecule has 0 aromatic heterocycles. The summed E-state index contributed by atoms with van der Waals surface area (Å²) in [5, 5.41) is 0. The van der Waals surface area contributed by atoms with Gasteiger partial charge in [-0.2, -0.15) is 0 Å². The van der Waals surface area contributed by atoms with E-state index >= 15 is 0 Å². The summed E-state index contributed by atoms with van der Waals surface area (Å²) in [6.45, 7) is 11.2. The third-order valence-corrected chi connectivity index (χ3v) is 2.24. The van der Waals surface area contributed by atoms with Crippen LogP contribution in [0.5, 0.6) is 0 Å². The third kappa shape index (κ3) is 1.85. The minimum Gasteiger partial charge on any atom is -0.0649 e. The molecule has 0 aliphatic rings. The molecule has 0 fully saturated rings. The van der Waals surface area contributed by atoms with Crippen molar-refractivity contribution in [1.82, 2.24) is 0 Å². The van der Waals surface area contributed by atoms with E-state index in [1.165, 1.54) is 12.3 Å². The van der Waals surface area contributed by atoms with E-state index < -0.39 is 0 Å². The van der Waals surface area contributed by atoms with Gasteiger partial charge in [0.25, 0.3) is 0 Å². The molecule has 49 valence electrons. The van der Waals surface area contributed by atoms with E-state index in [1.54, 1.807) is 0 Å². The van der Waals surface area contributed by atoms with Gasteiger partial charge in [0, 0.05) is 0 Å². The lowest BCUT2D eigenvalue weighted by Gasteiger charge is -2.26. The lowest BCUT2D eigenvalue weighted by molar-refractivity contribution is 0.375. The second-order valence-corrected chi connectivity index (χ2v) is 3.24. The zero-order valence-electron chi connectivity index (χ0n) is 6.71. The summed E-state index contributed by atoms with van der Waals surface area (Å²) in [5.74, 6) is 1.53. The van der Waals surface area contributed by atoms with Crippen LogP contribution >= 0.6 is 0 Å². The first kappa shape index (κ1) is 8.00. The lowest BCUT2D eigenvalue weighted by atomic mass is 9.79. The fraction of sp³-hybridized carbons (Fsp3) is 0.875. The molecule has 0 atom stereocenters. The summed E-state index contributed by atoms with van der Waals surface area (Å²) in [5.41, 5.74) is 0.458. The summed E-state index contributed by atoms with van der Waals surface area (Å²) in [6, 6.07) is 0. The Labute approximate surface area is 53.3 Å². The van der Waals surface area contributed by atoms with Crippen LogP contribution in [0, 0.1) is 11.3 Å². The maximum atomic E-state index is 2.28. The highest BCUT2D eigenvalue weighted by molar-refractivity contribution is 4.93. The van der Waals surface area contributed by atoms with Crippen molar-refractivity contribution in [3.8, 4) is 0 Å². The van der Waals surface area contributed by atoms with Gasteiger partial charge in [-0.15, -0.1) is 0 Å². The standard InChI is InChI=1S/C8H17/c1-6-8(4,5)7(2)3/h6H2,1-5H3. The Morgan fingerprint density at radius 1 is 1.25 bits per heavy atom. The monoisotopic (exact) mass is 113 g/mol. The van der Waals surface area contributed by atoms with Crippen molar-refractivity contribution in [1.29, 1.82) is 0 Å². The van der Waals surface area contributed by atoms with Gasteiger partial charge < -0.3 is 0 Å². The van der Waals surface area contributed by atoms with Crippen molar-refractivity contribution in [3.63, 3.8) is 0 Å². The van der Waals surface area contributed by atoms with Gasteiger partial charge in [-0.25, -0.2) is 0 Å². The van der Waals surface area contributed by atoms with E-state index in [2.05, 4.69) is 34.6 Å². The van der Waals surface area contributed by atoms with Crippen LogP contribution in [0.25, 0.3) is 0 Å². The fourth-order valence-electron chi connectivity index (χ4n) is 0.354. The zero-order valence-corrected chi connectivity index (χ0v) is 6.71. The van der Waals surface area contributed by atoms with Gasteiger partial charge in [0.15, 0.2) is 0 Å². The van der Waals surface area contributed by atoms with Crippen LogP contribution in [0.3, 0.4) is 0 Å². The van der Waals surface area contributed by atoms with Crippen molar-refractivity contribution < 1.29 is 0 Å². The Morgan fingerprint density at radius 3 is 1.62 bits per heavy atom. The van der Waals surface area contributed by atoms with E-state index in [4.69, 9.17) is 0 Å². The van der Waals surface area contributed by atoms with Gasteiger partial charge in [0.2, 0.25) is 0 Å². The fourth-order valence-corrected chi connectivity index (χ4v) is 0.354. The molecule has 0 aromatic carbocycles. The average Bonchev–Trinajstić information content (AvgIpc) is 1.67. The van der Waals surface area contributed by atoms with Gasteiger partial charge in [0.1, 0.15) is 0 Å². The van der Waals surface area contributed by atoms with Crippen LogP contribution in [-0.4, -0.2) is 0 Å². The highest BCUT2D eigenvalue weighted by Gasteiger charge is 2.19. The van der Waals surface area contributed by atoms with Gasteiger partial charge >= 0.3 is 0 Å². The molecular formula is C8H17. The Kier molecular flexibility index (Phi) is 2.52. The topological polar surface area (TPSA) is 0 Å². The van der Waals surface area contributed by atoms with Gasteiger partial charge in [-0.3, -0.25) is 0 Å². The van der Waals surface area contributed by atoms with E-state index in [0.717, 1.165) is 0 Å². The molecule has 0 rings (SSSR count). The van der Waals surface area contributed by atoms with Crippen LogP contribution in [0.15, 0.2) is 0 Å². The van der Waals surface area contributed by atoms with Crippen LogP contribution in [-0.2, 0) is 0 Å². The van der Waals surface area contributed by atoms with Crippen LogP contribution in [0.4, 0.5) is 0 Å². The predicted octanol–water partition coefficient (Wildman–Crippen LogP) is 3.04. The molecular weight excluding hydrogens is 96.1 g/mol. The SMILES string of the molecule is CCC(C)(C)[C](C)C. The lowest BCUT2D eigenvalue weighted by Crippen LogP contribution is -2.15. The van der Waals surface area contributed by atoms with Gasteiger partial charge in [0.05, 0.1) is 0 Å². The first-order valence-corrected chi connectivity index (χ1v) is 3.31. The van der Waals surface area contributed by atoms with E-state index in [9.17, 15) is 0 Å². The van der Waals surface area contributed by atoms with Crippen molar-refractivity contribution in [2.24, 2.45) is 5.41 Å². The van der Waals surface area contributed by atoms with E-state index in [1.807, 2.05) is 0 Å². The first-order chi connectivity index (χ1) is 3.50. The smallest absolute Gasteiger partial charge is 0.0247 e. The largest absolute Gasteiger partial charge is 0.0649 e. The Hall–Kier alpha value is 0. The maximum absolute atomic E-state index is 2.28. The third-order valence-electron chi connectivity index (χ3n) is 2.24. The van der Waals surface area contributed by atoms with Crippen LogP contribution < -0.4 is 0 Å². The molecule has 0 nitrogen and oxygen atoms in total. The zero-order chi connectivity index (χ0) is 6.78. The summed E-state index contributed by atoms with van der Waals surface area (Å²) in [4.78, 5) is 0. The quantitative estimate of drug-likeness (QED) is 0.516. The molecule has 8 heavy (non-hydrogen) atoms. The summed E-state index contributed by atoms with van der Waals surface area (Å²) in [7, 11) is 0. The van der Waals surface area contributed by atoms with Crippen LogP contribution in [0.2, 0.25) is 0 Å². The van der Waals surface area contributed by atoms with Crippen molar-refractivity contribution >= 4 is 0 Å². The summed E-state index contributed by atoms with van der Waals surface area (Å²) < 4.78 is 0. The predicted molar refractivity (Wildman–Crippen MR) is 38.7 cm³/mol. The number of hydrogen-bond donors (Lipinski definition) is 0. The molecule has 0 unspecified atom stereocenters. The molecule has 0 spiro atoms. The Morgan fingerprint density at radius 2 is 1.62 bits per heavy atom. The second-order valence-electron chi connectivity index (χ2n) is 3.24. The molecule has 1 radical (unpaired) electrons. The summed E-state index contributed by atoms with van der Waals surface area (Å²) in [6.07, 6.45) is 1.25. The van der Waals surface area contributed by atoms with Gasteiger partial charge in [-0.05, 0) is 11.3 Å². The van der Waals surface area contributed by atoms with Gasteiger partial charge in [-0.1, -0.05) is 41.0 Å². The molecule has 0 aliphatic heterocycles. The first-order valence-electron chi connectivity index (χ1n) is 3.31. The minimum absolute atomic E-state index is 0.458. The maximum Gasteiger partial charge on any atom is -0.0247 e. The minimum atomic E-state index is 0.458. The van der Waals surface area contributed by atoms with Crippen LogP contribution in [0.1, 0.15) is 41.0 Å². The Bertz CT molecular complexity index is 60.4. The van der Waals surface area contributed by atoms with E-state index in [-0.39, 0.29) is 0 Å². The highest BCUT2D eigenvalue weighted by Crippen LogP contribution is 2.30. The molecule has 0 amide bonds. The number of rotatable bonds is 2. The Balaban J connectivity index is 3.71. The normalized spacial score (nSPS) is 12.8. The van der Waals surface area contributed by atoms with Crippen molar-refractivity contribution in [2.45, 2.75) is 41.0 Å².